The monoisotopic (exact) mass is 223 g/mol. The average molecular weight is 223 g/mol. The van der Waals surface area contributed by atoms with Gasteiger partial charge < -0.3 is 9.80 Å². The molecule has 3 fully saturated rings. The van der Waals surface area contributed by atoms with Crippen LogP contribution >= 0.6 is 0 Å². The van der Waals surface area contributed by atoms with E-state index < -0.39 is 0 Å². The summed E-state index contributed by atoms with van der Waals surface area (Å²) in [5, 5.41) is 3.48. The maximum absolute atomic E-state index is 12.3. The number of hydrogen-bond donors (Lipinski definition) is 1. The highest BCUT2D eigenvalue weighted by molar-refractivity contribution is 5.92. The minimum atomic E-state index is -0.136. The Morgan fingerprint density at radius 2 is 1.94 bits per heavy atom. The predicted octanol–water partition coefficient (Wildman–Crippen LogP) is 0.391. The topological polar surface area (TPSA) is 35.6 Å². The molecule has 0 bridgehead atoms. The Bertz CT molecular complexity index is 305. The maximum atomic E-state index is 12.3. The molecule has 3 rings (SSSR count). The van der Waals surface area contributed by atoms with Gasteiger partial charge in [0.2, 0.25) is 5.91 Å². The highest BCUT2D eigenvalue weighted by atomic mass is 16.2. The van der Waals surface area contributed by atoms with Crippen molar-refractivity contribution in [3.05, 3.63) is 0 Å². The summed E-state index contributed by atoms with van der Waals surface area (Å²) in [6.45, 7) is 4.37. The van der Waals surface area contributed by atoms with Gasteiger partial charge in [-0.1, -0.05) is 0 Å². The quantitative estimate of drug-likeness (QED) is 0.698. The van der Waals surface area contributed by atoms with Crippen LogP contribution in [0.1, 0.15) is 32.6 Å². The van der Waals surface area contributed by atoms with Gasteiger partial charge >= 0.3 is 0 Å². The third-order valence-electron chi connectivity index (χ3n) is 4.38. The Morgan fingerprint density at radius 1 is 1.31 bits per heavy atom. The Labute approximate surface area is 97.0 Å². The van der Waals surface area contributed by atoms with E-state index in [1.165, 1.54) is 0 Å². The van der Waals surface area contributed by atoms with Crippen molar-refractivity contribution in [2.24, 2.45) is 0 Å². The van der Waals surface area contributed by atoms with E-state index in [0.717, 1.165) is 38.8 Å². The van der Waals surface area contributed by atoms with Gasteiger partial charge in [-0.3, -0.25) is 10.1 Å². The van der Waals surface area contributed by atoms with Crippen LogP contribution in [0, 0.1) is 0 Å². The summed E-state index contributed by atoms with van der Waals surface area (Å²) < 4.78 is 0. The summed E-state index contributed by atoms with van der Waals surface area (Å²) in [5.74, 6) is 0.370. The molecule has 1 saturated carbocycles. The molecule has 0 aromatic carbocycles. The lowest BCUT2D eigenvalue weighted by Crippen LogP contribution is -2.48. The molecule has 0 aromatic rings. The molecule has 1 spiro atoms. The standard InChI is InChI=1S/C12H21N3O/c1-9-13-12(5-6-12)11(16)15(9)10-3-7-14(2)8-4-10/h9-10,13H,3-8H2,1-2H3. The van der Waals surface area contributed by atoms with Gasteiger partial charge in [0.1, 0.15) is 0 Å². The first-order chi connectivity index (χ1) is 7.62. The first-order valence-electron chi connectivity index (χ1n) is 6.41. The predicted molar refractivity (Wildman–Crippen MR) is 61.9 cm³/mol. The Kier molecular flexibility index (Phi) is 2.27. The van der Waals surface area contributed by atoms with Crippen molar-refractivity contribution in [2.75, 3.05) is 20.1 Å². The van der Waals surface area contributed by atoms with Gasteiger partial charge in [-0.15, -0.1) is 0 Å². The largest absolute Gasteiger partial charge is 0.323 e. The minimum absolute atomic E-state index is 0.136. The molecular weight excluding hydrogens is 202 g/mol. The van der Waals surface area contributed by atoms with E-state index in [9.17, 15) is 4.79 Å². The number of hydrogen-bond acceptors (Lipinski definition) is 3. The number of carbonyl (C=O) groups is 1. The molecule has 2 aliphatic heterocycles. The van der Waals surface area contributed by atoms with Crippen LogP contribution in [0.2, 0.25) is 0 Å². The maximum Gasteiger partial charge on any atom is 0.244 e. The molecule has 0 radical (unpaired) electrons. The second-order valence-corrected chi connectivity index (χ2v) is 5.65. The second-order valence-electron chi connectivity index (χ2n) is 5.65. The highest BCUT2D eigenvalue weighted by Crippen LogP contribution is 2.43. The molecule has 1 aliphatic carbocycles. The minimum Gasteiger partial charge on any atom is -0.323 e. The van der Waals surface area contributed by atoms with Crippen LogP contribution in [0.15, 0.2) is 0 Å². The summed E-state index contributed by atoms with van der Waals surface area (Å²) in [5.41, 5.74) is -0.136. The fraction of sp³-hybridized carbons (Fsp3) is 0.917. The number of piperidine rings is 1. The van der Waals surface area contributed by atoms with Crippen molar-refractivity contribution in [1.82, 2.24) is 15.1 Å². The number of nitrogens with zero attached hydrogens (tertiary/aromatic N) is 2. The van der Waals surface area contributed by atoms with E-state index in [4.69, 9.17) is 0 Å². The zero-order chi connectivity index (χ0) is 11.3. The number of carbonyl (C=O) groups excluding carboxylic acids is 1. The number of amides is 1. The smallest absolute Gasteiger partial charge is 0.244 e. The van der Waals surface area contributed by atoms with E-state index in [-0.39, 0.29) is 11.7 Å². The van der Waals surface area contributed by atoms with Crippen LogP contribution in [-0.4, -0.2) is 53.6 Å². The Morgan fingerprint density at radius 3 is 2.44 bits per heavy atom. The summed E-state index contributed by atoms with van der Waals surface area (Å²) >= 11 is 0. The van der Waals surface area contributed by atoms with E-state index in [1.807, 2.05) is 0 Å². The van der Waals surface area contributed by atoms with E-state index in [2.05, 4.69) is 29.1 Å². The molecule has 1 amide bonds. The summed E-state index contributed by atoms with van der Waals surface area (Å²) in [6, 6.07) is 0.464. The van der Waals surface area contributed by atoms with Crippen molar-refractivity contribution in [3.63, 3.8) is 0 Å². The summed E-state index contributed by atoms with van der Waals surface area (Å²) in [4.78, 5) is 16.8. The first kappa shape index (κ1) is 10.5. The molecule has 4 heteroatoms. The lowest BCUT2D eigenvalue weighted by atomic mass is 10.0. The Balaban J connectivity index is 1.72. The molecule has 90 valence electrons. The van der Waals surface area contributed by atoms with Crippen LogP contribution in [-0.2, 0) is 4.79 Å². The summed E-state index contributed by atoms with van der Waals surface area (Å²) in [7, 11) is 2.16. The van der Waals surface area contributed by atoms with E-state index in [1.54, 1.807) is 0 Å². The fourth-order valence-electron chi connectivity index (χ4n) is 3.19. The number of rotatable bonds is 1. The van der Waals surface area contributed by atoms with Gasteiger partial charge in [-0.2, -0.15) is 0 Å². The van der Waals surface area contributed by atoms with Crippen molar-refractivity contribution < 1.29 is 4.79 Å². The van der Waals surface area contributed by atoms with Crippen molar-refractivity contribution in [1.29, 1.82) is 0 Å². The number of likely N-dealkylation sites (tertiary alicyclic amines) is 1. The van der Waals surface area contributed by atoms with Gasteiger partial charge in [0, 0.05) is 6.04 Å². The molecule has 0 aromatic heterocycles. The van der Waals surface area contributed by atoms with Crippen LogP contribution in [0.25, 0.3) is 0 Å². The highest BCUT2D eigenvalue weighted by Gasteiger charge is 2.59. The molecule has 2 saturated heterocycles. The number of nitrogens with one attached hydrogen (secondary N) is 1. The summed E-state index contributed by atoms with van der Waals surface area (Å²) in [6.07, 6.45) is 4.58. The van der Waals surface area contributed by atoms with E-state index in [0.29, 0.717) is 11.9 Å². The molecule has 2 heterocycles. The molecule has 1 unspecified atom stereocenters. The van der Waals surface area contributed by atoms with Crippen molar-refractivity contribution in [2.45, 2.75) is 50.4 Å². The fourth-order valence-corrected chi connectivity index (χ4v) is 3.19. The molecule has 16 heavy (non-hydrogen) atoms. The first-order valence-corrected chi connectivity index (χ1v) is 6.41. The van der Waals surface area contributed by atoms with E-state index >= 15 is 0 Å². The normalized spacial score (nSPS) is 35.0. The molecule has 1 atom stereocenters. The zero-order valence-electron chi connectivity index (χ0n) is 10.2. The van der Waals surface area contributed by atoms with Gasteiger partial charge in [0.25, 0.3) is 0 Å². The SMILES string of the molecule is CC1NC2(CC2)C(=O)N1C1CCN(C)CC1. The van der Waals surface area contributed by atoms with Gasteiger partial charge in [0.05, 0.1) is 11.7 Å². The van der Waals surface area contributed by atoms with Crippen LogP contribution < -0.4 is 5.32 Å². The lowest BCUT2D eigenvalue weighted by molar-refractivity contribution is -0.133. The van der Waals surface area contributed by atoms with Gasteiger partial charge in [-0.25, -0.2) is 0 Å². The van der Waals surface area contributed by atoms with Crippen LogP contribution in [0.5, 0.6) is 0 Å². The molecule has 1 N–H and O–H groups in total. The second kappa shape index (κ2) is 3.44. The van der Waals surface area contributed by atoms with Crippen molar-refractivity contribution >= 4 is 5.91 Å². The van der Waals surface area contributed by atoms with Crippen molar-refractivity contribution in [3.8, 4) is 0 Å². The van der Waals surface area contributed by atoms with Crippen LogP contribution in [0.4, 0.5) is 0 Å². The third-order valence-corrected chi connectivity index (χ3v) is 4.38. The lowest BCUT2D eigenvalue weighted by Gasteiger charge is -2.37. The Hall–Kier alpha value is -0.610. The van der Waals surface area contributed by atoms with Gasteiger partial charge in [0.15, 0.2) is 0 Å². The molecule has 4 nitrogen and oxygen atoms in total. The molecular formula is C12H21N3O. The van der Waals surface area contributed by atoms with Gasteiger partial charge in [-0.05, 0) is 52.7 Å². The zero-order valence-corrected chi connectivity index (χ0v) is 10.2. The average Bonchev–Trinajstić information content (AvgIpc) is 2.97. The molecule has 3 aliphatic rings. The third kappa shape index (κ3) is 1.47. The van der Waals surface area contributed by atoms with Crippen LogP contribution in [0.3, 0.4) is 0 Å².